The third kappa shape index (κ3) is 2.27. The lowest BCUT2D eigenvalue weighted by Gasteiger charge is -2.30. The number of aliphatic hydroxyl groups is 1. The van der Waals surface area contributed by atoms with Crippen LogP contribution in [0.15, 0.2) is 42.6 Å². The van der Waals surface area contributed by atoms with Gasteiger partial charge in [-0.05, 0) is 17.7 Å². The van der Waals surface area contributed by atoms with Crippen molar-refractivity contribution >= 4 is 0 Å². The van der Waals surface area contributed by atoms with Gasteiger partial charge in [-0.2, -0.15) is 0 Å². The fraction of sp³-hybridized carbons (Fsp3) is 0.267. The zero-order chi connectivity index (χ0) is 13.2. The Bertz CT molecular complexity index is 568. The van der Waals surface area contributed by atoms with Crippen LogP contribution in [-0.2, 0) is 6.42 Å². The van der Waals surface area contributed by atoms with Gasteiger partial charge < -0.3 is 14.6 Å². The molecule has 1 N–H and O–H groups in total. The van der Waals surface area contributed by atoms with Crippen molar-refractivity contribution in [2.24, 2.45) is 0 Å². The van der Waals surface area contributed by atoms with Gasteiger partial charge in [0.25, 0.3) is 0 Å². The molecule has 0 amide bonds. The summed E-state index contributed by atoms with van der Waals surface area (Å²) in [6.07, 6.45) is 1.33. The predicted octanol–water partition coefficient (Wildman–Crippen LogP) is 2.13. The van der Waals surface area contributed by atoms with Gasteiger partial charge in [-0.25, -0.2) is 4.98 Å². The molecule has 0 aliphatic carbocycles. The molecule has 0 spiro atoms. The first-order chi connectivity index (χ1) is 9.28. The highest BCUT2D eigenvalue weighted by molar-refractivity contribution is 5.37. The number of nitrogens with zero attached hydrogens (tertiary/aromatic N) is 1. The predicted molar refractivity (Wildman–Crippen MR) is 70.3 cm³/mol. The number of aliphatic hydroxyl groups excluding tert-OH is 1. The summed E-state index contributed by atoms with van der Waals surface area (Å²) in [6.45, 7) is 0. The fourth-order valence-corrected chi connectivity index (χ4v) is 2.31. The van der Waals surface area contributed by atoms with E-state index in [9.17, 15) is 5.11 Å². The molecule has 2 atom stereocenters. The first-order valence-electron chi connectivity index (χ1n) is 6.20. The van der Waals surface area contributed by atoms with Crippen LogP contribution in [0.5, 0.6) is 11.6 Å². The zero-order valence-corrected chi connectivity index (χ0v) is 10.6. The number of hydrogen-bond donors (Lipinski definition) is 1. The summed E-state index contributed by atoms with van der Waals surface area (Å²) in [5.74, 6) is 1.38. The van der Waals surface area contributed by atoms with E-state index in [0.717, 1.165) is 16.9 Å². The van der Waals surface area contributed by atoms with Crippen LogP contribution in [0.25, 0.3) is 0 Å². The molecule has 19 heavy (non-hydrogen) atoms. The van der Waals surface area contributed by atoms with Gasteiger partial charge in [-0.3, -0.25) is 0 Å². The Hall–Kier alpha value is -2.07. The first kappa shape index (κ1) is 12.0. The Morgan fingerprint density at radius 2 is 2.11 bits per heavy atom. The van der Waals surface area contributed by atoms with Crippen molar-refractivity contribution in [3.05, 3.63) is 53.7 Å². The lowest BCUT2D eigenvalue weighted by Crippen LogP contribution is -2.30. The molecule has 1 aromatic carbocycles. The summed E-state index contributed by atoms with van der Waals surface area (Å²) in [7, 11) is 1.57. The van der Waals surface area contributed by atoms with E-state index in [0.29, 0.717) is 12.3 Å². The van der Waals surface area contributed by atoms with E-state index in [-0.39, 0.29) is 6.10 Å². The second-order valence-electron chi connectivity index (χ2n) is 4.55. The van der Waals surface area contributed by atoms with E-state index in [2.05, 4.69) is 4.98 Å². The minimum atomic E-state index is -0.565. The lowest BCUT2D eigenvalue weighted by atomic mass is 9.96. The fourth-order valence-electron chi connectivity index (χ4n) is 2.31. The van der Waals surface area contributed by atoms with Crippen LogP contribution in [0.1, 0.15) is 17.2 Å². The average molecular weight is 257 g/mol. The van der Waals surface area contributed by atoms with Crippen LogP contribution in [0.4, 0.5) is 0 Å². The Balaban J connectivity index is 1.89. The molecule has 0 fully saturated rings. The Morgan fingerprint density at radius 3 is 2.84 bits per heavy atom. The number of rotatable bonds is 2. The summed E-state index contributed by atoms with van der Waals surface area (Å²) in [5.41, 5.74) is 1.88. The summed E-state index contributed by atoms with van der Waals surface area (Å²) < 4.78 is 10.9. The van der Waals surface area contributed by atoms with Gasteiger partial charge in [0.1, 0.15) is 5.75 Å². The smallest absolute Gasteiger partial charge is 0.212 e. The molecule has 0 saturated carbocycles. The molecule has 1 aliphatic rings. The zero-order valence-electron chi connectivity index (χ0n) is 10.6. The largest absolute Gasteiger partial charge is 0.483 e. The highest BCUT2D eigenvalue weighted by Crippen LogP contribution is 2.34. The van der Waals surface area contributed by atoms with Crippen LogP contribution >= 0.6 is 0 Å². The number of aromatic nitrogens is 1. The minimum absolute atomic E-state index is 0.381. The number of ether oxygens (including phenoxy) is 2. The Labute approximate surface area is 111 Å². The number of methoxy groups -OCH3 is 1. The summed E-state index contributed by atoms with van der Waals surface area (Å²) in [5, 5.41) is 10.2. The van der Waals surface area contributed by atoms with Crippen LogP contribution in [0, 0.1) is 0 Å². The van der Waals surface area contributed by atoms with E-state index >= 15 is 0 Å². The number of hydrogen-bond acceptors (Lipinski definition) is 4. The number of para-hydroxylation sites is 1. The maximum atomic E-state index is 10.2. The van der Waals surface area contributed by atoms with Crippen molar-refractivity contribution in [2.75, 3.05) is 7.11 Å². The van der Waals surface area contributed by atoms with E-state index in [1.807, 2.05) is 30.3 Å². The van der Waals surface area contributed by atoms with E-state index in [1.165, 1.54) is 0 Å². The van der Waals surface area contributed by atoms with Crippen LogP contribution in [0.2, 0.25) is 0 Å². The number of fused-ring (bicyclic) bond motifs is 1. The molecule has 2 heterocycles. The second-order valence-corrected chi connectivity index (χ2v) is 4.55. The first-order valence-corrected chi connectivity index (χ1v) is 6.20. The van der Waals surface area contributed by atoms with Gasteiger partial charge in [0, 0.05) is 24.2 Å². The molecule has 0 bridgehead atoms. The quantitative estimate of drug-likeness (QED) is 0.895. The molecule has 1 aromatic heterocycles. The van der Waals surface area contributed by atoms with Gasteiger partial charge in [-0.1, -0.05) is 18.2 Å². The topological polar surface area (TPSA) is 51.6 Å². The second kappa shape index (κ2) is 4.90. The highest BCUT2D eigenvalue weighted by Gasteiger charge is 2.29. The SMILES string of the molecule is COc1ccc(C2Oc3ccccc3CC2O)cn1. The maximum Gasteiger partial charge on any atom is 0.212 e. The van der Waals surface area contributed by atoms with E-state index in [4.69, 9.17) is 9.47 Å². The van der Waals surface area contributed by atoms with Crippen LogP contribution in [-0.4, -0.2) is 23.3 Å². The molecular formula is C15H15NO3. The molecule has 2 unspecified atom stereocenters. The van der Waals surface area contributed by atoms with Gasteiger partial charge in [-0.15, -0.1) is 0 Å². The van der Waals surface area contributed by atoms with Crippen molar-refractivity contribution in [1.29, 1.82) is 0 Å². The van der Waals surface area contributed by atoms with Crippen molar-refractivity contribution in [3.63, 3.8) is 0 Å². The molecule has 98 valence electrons. The molecular weight excluding hydrogens is 242 g/mol. The van der Waals surface area contributed by atoms with Gasteiger partial charge >= 0.3 is 0 Å². The molecule has 0 saturated heterocycles. The van der Waals surface area contributed by atoms with Crippen molar-refractivity contribution in [2.45, 2.75) is 18.6 Å². The van der Waals surface area contributed by atoms with E-state index in [1.54, 1.807) is 19.4 Å². The normalized spacial score (nSPS) is 21.4. The average Bonchev–Trinajstić information content (AvgIpc) is 2.47. The molecule has 4 heteroatoms. The number of pyridine rings is 1. The minimum Gasteiger partial charge on any atom is -0.483 e. The van der Waals surface area contributed by atoms with Crippen LogP contribution < -0.4 is 9.47 Å². The van der Waals surface area contributed by atoms with Crippen LogP contribution in [0.3, 0.4) is 0 Å². The highest BCUT2D eigenvalue weighted by atomic mass is 16.5. The van der Waals surface area contributed by atoms with Crippen molar-refractivity contribution < 1.29 is 14.6 Å². The summed E-state index contributed by atoms with van der Waals surface area (Å²) in [6, 6.07) is 11.4. The molecule has 0 radical (unpaired) electrons. The standard InChI is InChI=1S/C15H15NO3/c1-18-14-7-6-11(9-16-14)15-12(17)8-10-4-2-3-5-13(10)19-15/h2-7,9,12,15,17H,8H2,1H3. The molecule has 3 rings (SSSR count). The van der Waals surface area contributed by atoms with Gasteiger partial charge in [0.15, 0.2) is 6.10 Å². The summed E-state index contributed by atoms with van der Waals surface area (Å²) in [4.78, 5) is 4.15. The molecule has 1 aliphatic heterocycles. The molecule has 2 aromatic rings. The number of benzene rings is 1. The Morgan fingerprint density at radius 1 is 1.26 bits per heavy atom. The summed E-state index contributed by atoms with van der Waals surface area (Å²) >= 11 is 0. The van der Waals surface area contributed by atoms with Gasteiger partial charge in [0.05, 0.1) is 13.2 Å². The van der Waals surface area contributed by atoms with Gasteiger partial charge in [0.2, 0.25) is 5.88 Å². The van der Waals surface area contributed by atoms with Crippen molar-refractivity contribution in [3.8, 4) is 11.6 Å². The Kier molecular flexibility index (Phi) is 3.09. The third-order valence-corrected chi connectivity index (χ3v) is 3.30. The lowest BCUT2D eigenvalue weighted by molar-refractivity contribution is 0.0206. The maximum absolute atomic E-state index is 10.2. The monoisotopic (exact) mass is 257 g/mol. The van der Waals surface area contributed by atoms with Crippen molar-refractivity contribution in [1.82, 2.24) is 4.98 Å². The van der Waals surface area contributed by atoms with E-state index < -0.39 is 6.10 Å². The third-order valence-electron chi connectivity index (χ3n) is 3.30. The molecule has 4 nitrogen and oxygen atoms in total.